The molecule has 1 heterocycles. The molecule has 2 atom stereocenters. The van der Waals surface area contributed by atoms with E-state index in [0.29, 0.717) is 16.0 Å². The molecule has 1 aromatic carbocycles. The molecule has 0 spiro atoms. The molecular formula is C15H22Cl2N2. The Morgan fingerprint density at radius 1 is 1.37 bits per heavy atom. The molecule has 0 amide bonds. The maximum absolute atomic E-state index is 6.14. The van der Waals surface area contributed by atoms with Crippen LogP contribution >= 0.6 is 23.2 Å². The highest BCUT2D eigenvalue weighted by Crippen LogP contribution is 2.31. The van der Waals surface area contributed by atoms with Gasteiger partial charge < -0.3 is 10.6 Å². The van der Waals surface area contributed by atoms with Gasteiger partial charge in [0, 0.05) is 6.54 Å². The second-order valence-electron chi connectivity index (χ2n) is 5.38. The van der Waals surface area contributed by atoms with Gasteiger partial charge in [0.1, 0.15) is 0 Å². The third-order valence-electron chi connectivity index (χ3n) is 3.88. The van der Waals surface area contributed by atoms with Crippen molar-refractivity contribution in [3.05, 3.63) is 33.8 Å². The topological polar surface area (TPSA) is 24.1 Å². The van der Waals surface area contributed by atoms with Crippen molar-refractivity contribution < 1.29 is 0 Å². The van der Waals surface area contributed by atoms with Crippen LogP contribution in [0.15, 0.2) is 18.2 Å². The Balaban J connectivity index is 2.07. The SMILES string of the molecule is CNCC(CC1CCCNC1)c1ccc(Cl)c(Cl)c1. The largest absolute Gasteiger partial charge is 0.319 e. The van der Waals surface area contributed by atoms with E-state index in [-0.39, 0.29) is 0 Å². The third kappa shape index (κ3) is 4.35. The molecule has 0 radical (unpaired) electrons. The van der Waals surface area contributed by atoms with Gasteiger partial charge in [0.2, 0.25) is 0 Å². The maximum Gasteiger partial charge on any atom is 0.0595 e. The van der Waals surface area contributed by atoms with Crippen molar-refractivity contribution in [2.75, 3.05) is 26.7 Å². The molecule has 1 aliphatic rings. The molecule has 2 unspecified atom stereocenters. The first kappa shape index (κ1) is 15.1. The highest BCUT2D eigenvalue weighted by Gasteiger charge is 2.20. The van der Waals surface area contributed by atoms with Gasteiger partial charge in [-0.3, -0.25) is 0 Å². The highest BCUT2D eigenvalue weighted by atomic mass is 35.5. The normalized spacial score (nSPS) is 21.3. The summed E-state index contributed by atoms with van der Waals surface area (Å²) in [5.41, 5.74) is 1.29. The van der Waals surface area contributed by atoms with E-state index >= 15 is 0 Å². The first-order chi connectivity index (χ1) is 9.20. The Morgan fingerprint density at radius 3 is 2.84 bits per heavy atom. The van der Waals surface area contributed by atoms with Crippen LogP contribution in [0.25, 0.3) is 0 Å². The fraction of sp³-hybridized carbons (Fsp3) is 0.600. The Kier molecular flexibility index (Phi) is 5.96. The van der Waals surface area contributed by atoms with Crippen LogP contribution in [0.1, 0.15) is 30.7 Å². The van der Waals surface area contributed by atoms with E-state index < -0.39 is 0 Å². The van der Waals surface area contributed by atoms with E-state index in [2.05, 4.69) is 16.7 Å². The molecule has 2 rings (SSSR count). The van der Waals surface area contributed by atoms with E-state index in [1.54, 1.807) is 0 Å². The van der Waals surface area contributed by atoms with Gasteiger partial charge in [-0.25, -0.2) is 0 Å². The number of likely N-dealkylation sites (N-methyl/N-ethyl adjacent to an activating group) is 1. The van der Waals surface area contributed by atoms with Gasteiger partial charge in [-0.05, 0) is 68.9 Å². The van der Waals surface area contributed by atoms with Crippen molar-refractivity contribution in [2.24, 2.45) is 5.92 Å². The van der Waals surface area contributed by atoms with Gasteiger partial charge in [-0.2, -0.15) is 0 Å². The predicted octanol–water partition coefficient (Wildman–Crippen LogP) is 3.69. The molecule has 4 heteroatoms. The molecule has 2 nitrogen and oxygen atoms in total. The predicted molar refractivity (Wildman–Crippen MR) is 83.3 cm³/mol. The van der Waals surface area contributed by atoms with Gasteiger partial charge in [-0.1, -0.05) is 29.3 Å². The summed E-state index contributed by atoms with van der Waals surface area (Å²) in [6.07, 6.45) is 3.82. The third-order valence-corrected chi connectivity index (χ3v) is 4.62. The average molecular weight is 301 g/mol. The van der Waals surface area contributed by atoms with Crippen molar-refractivity contribution in [3.63, 3.8) is 0 Å². The average Bonchev–Trinajstić information content (AvgIpc) is 2.43. The molecule has 1 aromatic rings. The molecule has 106 valence electrons. The maximum atomic E-state index is 6.14. The lowest BCUT2D eigenvalue weighted by Crippen LogP contribution is -2.32. The molecule has 0 bridgehead atoms. The molecule has 0 saturated carbocycles. The van der Waals surface area contributed by atoms with Crippen LogP contribution in [-0.2, 0) is 0 Å². The summed E-state index contributed by atoms with van der Waals surface area (Å²) in [5, 5.41) is 8.07. The first-order valence-electron chi connectivity index (χ1n) is 7.01. The second kappa shape index (κ2) is 7.49. The minimum Gasteiger partial charge on any atom is -0.319 e. The summed E-state index contributed by atoms with van der Waals surface area (Å²) in [7, 11) is 2.00. The monoisotopic (exact) mass is 300 g/mol. The lowest BCUT2D eigenvalue weighted by Gasteiger charge is -2.27. The summed E-state index contributed by atoms with van der Waals surface area (Å²) in [5.74, 6) is 1.27. The summed E-state index contributed by atoms with van der Waals surface area (Å²) < 4.78 is 0. The van der Waals surface area contributed by atoms with E-state index in [4.69, 9.17) is 23.2 Å². The zero-order valence-electron chi connectivity index (χ0n) is 11.4. The molecule has 1 aliphatic heterocycles. The van der Waals surface area contributed by atoms with Gasteiger partial charge in [-0.15, -0.1) is 0 Å². The molecule has 0 aliphatic carbocycles. The van der Waals surface area contributed by atoms with Gasteiger partial charge in [0.05, 0.1) is 10.0 Å². The van der Waals surface area contributed by atoms with Gasteiger partial charge >= 0.3 is 0 Å². The number of hydrogen-bond acceptors (Lipinski definition) is 2. The Hall–Kier alpha value is -0.280. The highest BCUT2D eigenvalue weighted by molar-refractivity contribution is 6.42. The Labute approximate surface area is 125 Å². The van der Waals surface area contributed by atoms with Crippen LogP contribution in [0.3, 0.4) is 0 Å². The number of nitrogens with one attached hydrogen (secondary N) is 2. The van der Waals surface area contributed by atoms with Crippen LogP contribution in [0, 0.1) is 5.92 Å². The Bertz CT molecular complexity index is 403. The lowest BCUT2D eigenvalue weighted by atomic mass is 9.85. The molecular weight excluding hydrogens is 279 g/mol. The first-order valence-corrected chi connectivity index (χ1v) is 7.76. The standard InChI is InChI=1S/C15H22Cl2N2/c1-18-10-13(7-11-3-2-6-19-9-11)12-4-5-14(16)15(17)8-12/h4-5,8,11,13,18-19H,2-3,6-7,9-10H2,1H3. The van der Waals surface area contributed by atoms with Gasteiger partial charge in [0.15, 0.2) is 0 Å². The molecule has 1 fully saturated rings. The lowest BCUT2D eigenvalue weighted by molar-refractivity contribution is 0.332. The summed E-state index contributed by atoms with van der Waals surface area (Å²) in [6.45, 7) is 3.29. The van der Waals surface area contributed by atoms with Crippen molar-refractivity contribution >= 4 is 23.2 Å². The number of hydrogen-bond donors (Lipinski definition) is 2. The van der Waals surface area contributed by atoms with Crippen LogP contribution < -0.4 is 10.6 Å². The van der Waals surface area contributed by atoms with Crippen molar-refractivity contribution in [1.82, 2.24) is 10.6 Å². The van der Waals surface area contributed by atoms with Crippen LogP contribution in [0.5, 0.6) is 0 Å². The van der Waals surface area contributed by atoms with Crippen molar-refractivity contribution in [2.45, 2.75) is 25.2 Å². The van der Waals surface area contributed by atoms with Crippen LogP contribution in [0.4, 0.5) is 0 Å². The zero-order chi connectivity index (χ0) is 13.7. The summed E-state index contributed by atoms with van der Waals surface area (Å²) in [4.78, 5) is 0. The fourth-order valence-corrected chi connectivity index (χ4v) is 3.18. The quantitative estimate of drug-likeness (QED) is 0.867. The summed E-state index contributed by atoms with van der Waals surface area (Å²) in [6, 6.07) is 6.02. The number of piperidine rings is 1. The van der Waals surface area contributed by atoms with E-state index in [0.717, 1.165) is 19.0 Å². The molecule has 1 saturated heterocycles. The van der Waals surface area contributed by atoms with Crippen molar-refractivity contribution in [1.29, 1.82) is 0 Å². The van der Waals surface area contributed by atoms with E-state index in [1.807, 2.05) is 19.2 Å². The minimum absolute atomic E-state index is 0.504. The van der Waals surface area contributed by atoms with Crippen LogP contribution in [0.2, 0.25) is 10.0 Å². The van der Waals surface area contributed by atoms with Crippen LogP contribution in [-0.4, -0.2) is 26.7 Å². The smallest absolute Gasteiger partial charge is 0.0595 e. The number of benzene rings is 1. The zero-order valence-corrected chi connectivity index (χ0v) is 12.9. The Morgan fingerprint density at radius 2 is 2.21 bits per heavy atom. The fourth-order valence-electron chi connectivity index (χ4n) is 2.88. The minimum atomic E-state index is 0.504. The molecule has 2 N–H and O–H groups in total. The van der Waals surface area contributed by atoms with Crippen molar-refractivity contribution in [3.8, 4) is 0 Å². The van der Waals surface area contributed by atoms with E-state index in [1.165, 1.54) is 31.4 Å². The number of rotatable bonds is 5. The molecule has 0 aromatic heterocycles. The second-order valence-corrected chi connectivity index (χ2v) is 6.19. The van der Waals surface area contributed by atoms with Gasteiger partial charge in [0.25, 0.3) is 0 Å². The molecule has 19 heavy (non-hydrogen) atoms. The number of halogens is 2. The summed E-state index contributed by atoms with van der Waals surface area (Å²) >= 11 is 12.1. The van der Waals surface area contributed by atoms with E-state index in [9.17, 15) is 0 Å².